The van der Waals surface area contributed by atoms with Crippen molar-refractivity contribution < 1.29 is 0 Å². The highest BCUT2D eigenvalue weighted by atomic mass is 15.1. The van der Waals surface area contributed by atoms with E-state index >= 15 is 0 Å². The number of hydrogen-bond acceptors (Lipinski definition) is 8. The molecule has 0 aliphatic heterocycles. The smallest absolute Gasteiger partial charge is 0.101 e. The van der Waals surface area contributed by atoms with Crippen LogP contribution in [0, 0.1) is 0 Å². The Labute approximate surface area is 241 Å². The van der Waals surface area contributed by atoms with E-state index in [9.17, 15) is 0 Å². The van der Waals surface area contributed by atoms with E-state index in [2.05, 4.69) is 76.7 Å². The molecule has 1 aromatic carbocycles. The molecule has 6 aromatic heterocycles. The van der Waals surface area contributed by atoms with Crippen LogP contribution in [-0.2, 0) is 0 Å². The summed E-state index contributed by atoms with van der Waals surface area (Å²) in [5, 5.41) is 18.4. The van der Waals surface area contributed by atoms with Gasteiger partial charge in [0.25, 0.3) is 0 Å². The van der Waals surface area contributed by atoms with Crippen molar-refractivity contribution >= 4 is 0 Å². The lowest BCUT2D eigenvalue weighted by Gasteiger charge is -2.13. The number of pyridine rings is 4. The fraction of sp³-hybridized carbons (Fsp3) is 0. The lowest BCUT2D eigenvalue weighted by Crippen LogP contribution is -1.97. The molecule has 0 N–H and O–H groups in total. The Morgan fingerprint density at radius 3 is 0.929 bits per heavy atom. The Kier molecular flexibility index (Phi) is 6.68. The normalized spacial score (nSPS) is 10.9. The minimum atomic E-state index is 0.773. The molecule has 0 bridgehead atoms. The van der Waals surface area contributed by atoms with Crippen LogP contribution in [0.2, 0.25) is 0 Å². The molecule has 0 atom stereocenters. The quantitative estimate of drug-likeness (QED) is 0.225. The lowest BCUT2D eigenvalue weighted by atomic mass is 9.94. The highest BCUT2D eigenvalue weighted by molar-refractivity contribution is 5.86. The van der Waals surface area contributed by atoms with Crippen molar-refractivity contribution in [1.82, 2.24) is 40.3 Å². The van der Waals surface area contributed by atoms with Gasteiger partial charge in [-0.15, -0.1) is 20.4 Å². The van der Waals surface area contributed by atoms with Crippen LogP contribution >= 0.6 is 0 Å². The molecule has 0 unspecified atom stereocenters. The summed E-state index contributed by atoms with van der Waals surface area (Å²) < 4.78 is 0. The van der Waals surface area contributed by atoms with Crippen molar-refractivity contribution in [3.8, 4) is 67.3 Å². The molecule has 8 nitrogen and oxygen atoms in total. The number of nitrogens with zero attached hydrogens (tertiary/aromatic N) is 8. The third-order valence-corrected chi connectivity index (χ3v) is 6.95. The van der Waals surface area contributed by atoms with Gasteiger partial charge in [-0.05, 0) is 71.8 Å². The molecular formula is C34H22N8. The first kappa shape index (κ1) is 25.0. The van der Waals surface area contributed by atoms with Crippen LogP contribution < -0.4 is 0 Å². The molecule has 7 aromatic rings. The van der Waals surface area contributed by atoms with Crippen molar-refractivity contribution in [2.75, 3.05) is 0 Å². The van der Waals surface area contributed by atoms with Crippen LogP contribution in [0.4, 0.5) is 0 Å². The number of rotatable bonds is 6. The molecule has 0 saturated carbocycles. The van der Waals surface area contributed by atoms with Crippen molar-refractivity contribution in [2.24, 2.45) is 0 Å². The maximum atomic E-state index is 4.65. The third kappa shape index (κ3) is 5.00. The molecule has 7 rings (SSSR count). The summed E-state index contributed by atoms with van der Waals surface area (Å²) in [6, 6.07) is 28.1. The van der Waals surface area contributed by atoms with E-state index in [1.54, 1.807) is 49.6 Å². The first-order valence-corrected chi connectivity index (χ1v) is 13.3. The monoisotopic (exact) mass is 542 g/mol. The molecule has 0 radical (unpaired) electrons. The molecule has 0 spiro atoms. The van der Waals surface area contributed by atoms with Crippen LogP contribution in [0.1, 0.15) is 0 Å². The average Bonchev–Trinajstić information content (AvgIpc) is 3.09. The maximum absolute atomic E-state index is 4.65. The summed E-state index contributed by atoms with van der Waals surface area (Å²) in [6.45, 7) is 0. The number of aromatic nitrogens is 8. The van der Waals surface area contributed by atoms with Gasteiger partial charge in [0, 0.05) is 83.0 Å². The van der Waals surface area contributed by atoms with Crippen LogP contribution in [-0.4, -0.2) is 40.3 Å². The molecule has 0 amide bonds. The van der Waals surface area contributed by atoms with Gasteiger partial charge in [0.15, 0.2) is 0 Å². The largest absolute Gasteiger partial charge is 0.265 e. The van der Waals surface area contributed by atoms with Gasteiger partial charge in [-0.1, -0.05) is 24.3 Å². The second-order valence-electron chi connectivity index (χ2n) is 9.50. The molecular weight excluding hydrogens is 520 g/mol. The van der Waals surface area contributed by atoms with E-state index in [4.69, 9.17) is 0 Å². The highest BCUT2D eigenvalue weighted by Gasteiger charge is 2.16. The van der Waals surface area contributed by atoms with Gasteiger partial charge < -0.3 is 0 Å². The predicted octanol–water partition coefficient (Wildman–Crippen LogP) is 6.85. The number of benzene rings is 1. The van der Waals surface area contributed by atoms with Crippen molar-refractivity contribution in [3.63, 3.8) is 0 Å². The van der Waals surface area contributed by atoms with E-state index < -0.39 is 0 Å². The molecule has 0 aliphatic rings. The van der Waals surface area contributed by atoms with E-state index in [0.717, 1.165) is 67.3 Å². The summed E-state index contributed by atoms with van der Waals surface area (Å²) in [7, 11) is 0. The zero-order chi connectivity index (χ0) is 28.1. The number of hydrogen-bond donors (Lipinski definition) is 0. The van der Waals surface area contributed by atoms with Gasteiger partial charge in [0.1, 0.15) is 11.4 Å². The first-order chi connectivity index (χ1) is 20.8. The fourth-order valence-corrected chi connectivity index (χ4v) is 4.83. The summed E-state index contributed by atoms with van der Waals surface area (Å²) >= 11 is 0. The Bertz CT molecular complexity index is 1800. The second-order valence-corrected chi connectivity index (χ2v) is 9.50. The average molecular weight is 543 g/mol. The summed E-state index contributed by atoms with van der Waals surface area (Å²) in [4.78, 5) is 16.6. The van der Waals surface area contributed by atoms with Gasteiger partial charge in [-0.25, -0.2) is 0 Å². The highest BCUT2D eigenvalue weighted by Crippen LogP contribution is 2.36. The van der Waals surface area contributed by atoms with E-state index in [-0.39, 0.29) is 0 Å². The lowest BCUT2D eigenvalue weighted by molar-refractivity contribution is 1.04. The Hall–Kier alpha value is -6.02. The first-order valence-electron chi connectivity index (χ1n) is 13.3. The molecule has 0 saturated heterocycles. The zero-order valence-corrected chi connectivity index (χ0v) is 22.3. The van der Waals surface area contributed by atoms with E-state index in [0.29, 0.717) is 0 Å². The molecule has 198 valence electrons. The van der Waals surface area contributed by atoms with Gasteiger partial charge in [-0.2, -0.15) is 0 Å². The predicted molar refractivity (Wildman–Crippen MR) is 161 cm³/mol. The Morgan fingerprint density at radius 1 is 0.286 bits per heavy atom. The van der Waals surface area contributed by atoms with Crippen LogP contribution in [0.15, 0.2) is 135 Å². The van der Waals surface area contributed by atoms with Crippen LogP contribution in [0.25, 0.3) is 67.3 Å². The molecule has 0 fully saturated rings. The van der Waals surface area contributed by atoms with Crippen molar-refractivity contribution in [3.05, 3.63) is 135 Å². The third-order valence-electron chi connectivity index (χ3n) is 6.95. The summed E-state index contributed by atoms with van der Waals surface area (Å²) in [6.07, 6.45) is 14.1. The topological polar surface area (TPSA) is 103 Å². The standard InChI is InChI=1S/C34H22N8/c1-2-24(30-22-32(26-7-15-36-16-8-26)40-42-34(30)28-11-19-38-20-12-28)4-3-23(1)29-21-31(25-5-13-35-14-6-25)39-41-33(29)27-9-17-37-18-10-27/h1-22H. The van der Waals surface area contributed by atoms with Crippen molar-refractivity contribution in [2.45, 2.75) is 0 Å². The second kappa shape index (κ2) is 11.2. The minimum Gasteiger partial charge on any atom is -0.265 e. The van der Waals surface area contributed by atoms with E-state index in [1.165, 1.54) is 0 Å². The molecule has 42 heavy (non-hydrogen) atoms. The van der Waals surface area contributed by atoms with Gasteiger partial charge >= 0.3 is 0 Å². The van der Waals surface area contributed by atoms with E-state index in [1.807, 2.05) is 48.5 Å². The Morgan fingerprint density at radius 2 is 0.595 bits per heavy atom. The SMILES string of the molecule is c1cc(-c2cc(-c3ccc(-c4cc(-c5ccncc5)nnc4-c4ccncc4)cc3)c(-c3ccncc3)nn2)ccn1. The molecule has 0 aliphatic carbocycles. The Balaban J connectivity index is 1.35. The van der Waals surface area contributed by atoms with Gasteiger partial charge in [0.2, 0.25) is 0 Å². The van der Waals surface area contributed by atoms with Gasteiger partial charge in [0.05, 0.1) is 11.4 Å². The van der Waals surface area contributed by atoms with Crippen molar-refractivity contribution in [1.29, 1.82) is 0 Å². The fourth-order valence-electron chi connectivity index (χ4n) is 4.83. The van der Waals surface area contributed by atoms with Crippen LogP contribution in [0.3, 0.4) is 0 Å². The summed E-state index contributed by atoms with van der Waals surface area (Å²) in [5.41, 5.74) is 10.9. The van der Waals surface area contributed by atoms with Gasteiger partial charge in [-0.3, -0.25) is 19.9 Å². The molecule has 6 heterocycles. The minimum absolute atomic E-state index is 0.773. The molecule has 8 heteroatoms. The van der Waals surface area contributed by atoms with Crippen LogP contribution in [0.5, 0.6) is 0 Å². The zero-order valence-electron chi connectivity index (χ0n) is 22.3. The maximum Gasteiger partial charge on any atom is 0.101 e. The summed E-state index contributed by atoms with van der Waals surface area (Å²) in [5.74, 6) is 0.